The van der Waals surface area contributed by atoms with Crippen molar-refractivity contribution in [1.82, 2.24) is 9.80 Å². The van der Waals surface area contributed by atoms with Gasteiger partial charge in [-0.3, -0.25) is 4.90 Å². The van der Waals surface area contributed by atoms with E-state index >= 15 is 0 Å². The van der Waals surface area contributed by atoms with Crippen LogP contribution in [0.2, 0.25) is 0 Å². The molecule has 0 aliphatic carbocycles. The van der Waals surface area contributed by atoms with E-state index in [-0.39, 0.29) is 5.54 Å². The van der Waals surface area contributed by atoms with Gasteiger partial charge in [0.15, 0.2) is 0 Å². The first kappa shape index (κ1) is 13.5. The van der Waals surface area contributed by atoms with E-state index in [2.05, 4.69) is 54.2 Å². The van der Waals surface area contributed by atoms with Crippen molar-refractivity contribution in [3.63, 3.8) is 0 Å². The fraction of sp³-hybridized carbons (Fsp3) is 0.600. The highest BCUT2D eigenvalue weighted by molar-refractivity contribution is 5.15. The molecule has 3 heteroatoms. The molecule has 0 amide bonds. The lowest BCUT2D eigenvalue weighted by molar-refractivity contribution is 0.0485. The molecule has 0 saturated carbocycles. The third-order valence-corrected chi connectivity index (χ3v) is 4.37. The Labute approximate surface area is 111 Å². The van der Waals surface area contributed by atoms with Gasteiger partial charge in [-0.1, -0.05) is 30.3 Å². The Hall–Kier alpha value is -0.900. The van der Waals surface area contributed by atoms with E-state index in [0.717, 1.165) is 26.2 Å². The summed E-state index contributed by atoms with van der Waals surface area (Å²) in [7, 11) is 4.41. The summed E-state index contributed by atoms with van der Waals surface area (Å²) in [6.45, 7) is 4.04. The van der Waals surface area contributed by atoms with Crippen LogP contribution in [0.4, 0.5) is 0 Å². The minimum atomic E-state index is 0.183. The number of likely N-dealkylation sites (N-methyl/N-ethyl adjacent to an activating group) is 1. The van der Waals surface area contributed by atoms with Gasteiger partial charge in [0.1, 0.15) is 0 Å². The van der Waals surface area contributed by atoms with Crippen molar-refractivity contribution in [2.75, 3.05) is 33.7 Å². The molecule has 1 fully saturated rings. The predicted octanol–water partition coefficient (Wildman–Crippen LogP) is 1.54. The molecule has 1 heterocycles. The van der Waals surface area contributed by atoms with Crippen molar-refractivity contribution in [2.24, 2.45) is 5.73 Å². The Morgan fingerprint density at radius 2 is 1.83 bits per heavy atom. The lowest BCUT2D eigenvalue weighted by atomic mass is 9.86. The van der Waals surface area contributed by atoms with Gasteiger partial charge in [0.2, 0.25) is 0 Å². The lowest BCUT2D eigenvalue weighted by Gasteiger charge is -2.46. The minimum absolute atomic E-state index is 0.183. The van der Waals surface area contributed by atoms with Gasteiger partial charge in [0.25, 0.3) is 0 Å². The Balaban J connectivity index is 2.03. The molecule has 1 aromatic carbocycles. The number of likely N-dealkylation sites (tertiary alicyclic amines) is 1. The minimum Gasteiger partial charge on any atom is -0.329 e. The fourth-order valence-corrected chi connectivity index (χ4v) is 2.80. The van der Waals surface area contributed by atoms with Crippen LogP contribution in [0.5, 0.6) is 0 Å². The van der Waals surface area contributed by atoms with Crippen molar-refractivity contribution >= 4 is 0 Å². The van der Waals surface area contributed by atoms with Gasteiger partial charge >= 0.3 is 0 Å². The van der Waals surface area contributed by atoms with Crippen LogP contribution in [-0.4, -0.2) is 49.1 Å². The smallest absolute Gasteiger partial charge is 0.0356 e. The summed E-state index contributed by atoms with van der Waals surface area (Å²) in [6.07, 6.45) is 2.34. The Bertz CT molecular complexity index is 355. The molecule has 100 valence electrons. The van der Waals surface area contributed by atoms with E-state index in [1.165, 1.54) is 18.4 Å². The van der Waals surface area contributed by atoms with Crippen LogP contribution in [0.3, 0.4) is 0 Å². The second-order valence-electron chi connectivity index (χ2n) is 5.57. The van der Waals surface area contributed by atoms with Crippen LogP contribution in [0.1, 0.15) is 18.4 Å². The molecule has 2 N–H and O–H groups in total. The van der Waals surface area contributed by atoms with Crippen LogP contribution in [0.15, 0.2) is 30.3 Å². The van der Waals surface area contributed by atoms with E-state index < -0.39 is 0 Å². The van der Waals surface area contributed by atoms with Gasteiger partial charge in [0.05, 0.1) is 0 Å². The number of rotatable bonds is 4. The number of hydrogen-bond donors (Lipinski definition) is 1. The third kappa shape index (κ3) is 2.91. The monoisotopic (exact) mass is 247 g/mol. The van der Waals surface area contributed by atoms with Crippen LogP contribution >= 0.6 is 0 Å². The van der Waals surface area contributed by atoms with Crippen LogP contribution in [-0.2, 0) is 6.54 Å². The predicted molar refractivity (Wildman–Crippen MR) is 76.4 cm³/mol. The topological polar surface area (TPSA) is 32.5 Å². The lowest BCUT2D eigenvalue weighted by Crippen LogP contribution is -2.57. The Morgan fingerprint density at radius 3 is 2.39 bits per heavy atom. The Morgan fingerprint density at radius 1 is 1.22 bits per heavy atom. The third-order valence-electron chi connectivity index (χ3n) is 4.37. The molecule has 0 aromatic heterocycles. The van der Waals surface area contributed by atoms with Crippen molar-refractivity contribution in [3.05, 3.63) is 35.9 Å². The average Bonchev–Trinajstić information content (AvgIpc) is 2.41. The molecule has 1 aliphatic heterocycles. The Kier molecular flexibility index (Phi) is 4.38. The summed E-state index contributed by atoms with van der Waals surface area (Å²) in [5.74, 6) is 0. The first-order valence-corrected chi connectivity index (χ1v) is 6.80. The molecule has 3 nitrogen and oxygen atoms in total. The molecule has 1 aliphatic rings. The molecule has 1 aromatic rings. The van der Waals surface area contributed by atoms with E-state index in [1.807, 2.05) is 0 Å². The second kappa shape index (κ2) is 5.83. The van der Waals surface area contributed by atoms with Crippen molar-refractivity contribution < 1.29 is 0 Å². The van der Waals surface area contributed by atoms with Crippen molar-refractivity contribution in [3.8, 4) is 0 Å². The summed E-state index contributed by atoms with van der Waals surface area (Å²) >= 11 is 0. The van der Waals surface area contributed by atoms with E-state index in [0.29, 0.717) is 0 Å². The van der Waals surface area contributed by atoms with E-state index in [4.69, 9.17) is 5.73 Å². The number of nitrogens with two attached hydrogens (primary N) is 1. The van der Waals surface area contributed by atoms with Gasteiger partial charge in [0, 0.05) is 18.6 Å². The molecule has 0 atom stereocenters. The number of piperidine rings is 1. The number of nitrogens with zero attached hydrogens (tertiary/aromatic N) is 2. The maximum absolute atomic E-state index is 6.08. The maximum atomic E-state index is 6.08. The summed E-state index contributed by atoms with van der Waals surface area (Å²) in [6, 6.07) is 10.7. The molecule has 0 unspecified atom stereocenters. The molecule has 1 saturated heterocycles. The highest BCUT2D eigenvalue weighted by atomic mass is 15.2. The maximum Gasteiger partial charge on any atom is 0.0356 e. The summed E-state index contributed by atoms with van der Waals surface area (Å²) in [4.78, 5) is 4.85. The quantitative estimate of drug-likeness (QED) is 0.876. The van der Waals surface area contributed by atoms with Gasteiger partial charge in [-0.15, -0.1) is 0 Å². The largest absolute Gasteiger partial charge is 0.329 e. The van der Waals surface area contributed by atoms with Crippen LogP contribution < -0.4 is 5.73 Å². The van der Waals surface area contributed by atoms with E-state index in [9.17, 15) is 0 Å². The molecule has 18 heavy (non-hydrogen) atoms. The zero-order chi connectivity index (χ0) is 13.0. The standard InChI is InChI=1S/C15H25N3/c1-17-10-8-15(13-16,9-11-17)18(2)12-14-6-4-3-5-7-14/h3-7H,8-13,16H2,1-2H3. The zero-order valence-corrected chi connectivity index (χ0v) is 11.6. The zero-order valence-electron chi connectivity index (χ0n) is 11.6. The molecule has 2 rings (SSSR count). The van der Waals surface area contributed by atoms with Crippen molar-refractivity contribution in [2.45, 2.75) is 24.9 Å². The first-order chi connectivity index (χ1) is 8.66. The van der Waals surface area contributed by atoms with Crippen LogP contribution in [0, 0.1) is 0 Å². The first-order valence-electron chi connectivity index (χ1n) is 6.80. The fourth-order valence-electron chi connectivity index (χ4n) is 2.80. The normalized spacial score (nSPS) is 20.2. The average molecular weight is 247 g/mol. The summed E-state index contributed by atoms with van der Waals surface area (Å²) in [5, 5.41) is 0. The highest BCUT2D eigenvalue weighted by Gasteiger charge is 2.35. The second-order valence-corrected chi connectivity index (χ2v) is 5.57. The van der Waals surface area contributed by atoms with Gasteiger partial charge < -0.3 is 10.6 Å². The van der Waals surface area contributed by atoms with Gasteiger partial charge in [-0.25, -0.2) is 0 Å². The number of benzene rings is 1. The molecular weight excluding hydrogens is 222 g/mol. The van der Waals surface area contributed by atoms with Crippen LogP contribution in [0.25, 0.3) is 0 Å². The van der Waals surface area contributed by atoms with Crippen molar-refractivity contribution in [1.29, 1.82) is 0 Å². The molecule has 0 radical (unpaired) electrons. The van der Waals surface area contributed by atoms with E-state index in [1.54, 1.807) is 0 Å². The van der Waals surface area contributed by atoms with Gasteiger partial charge in [-0.2, -0.15) is 0 Å². The SMILES string of the molecule is CN1CCC(CN)(N(C)Cc2ccccc2)CC1. The summed E-state index contributed by atoms with van der Waals surface area (Å²) in [5.41, 5.74) is 7.63. The van der Waals surface area contributed by atoms with Gasteiger partial charge in [-0.05, 0) is 45.6 Å². The molecule has 0 spiro atoms. The highest BCUT2D eigenvalue weighted by Crippen LogP contribution is 2.27. The summed E-state index contributed by atoms with van der Waals surface area (Å²) < 4.78 is 0. The molecular formula is C15H25N3. The number of hydrogen-bond acceptors (Lipinski definition) is 3. The molecule has 0 bridgehead atoms.